The van der Waals surface area contributed by atoms with Crippen molar-refractivity contribution >= 4 is 21.8 Å². The number of methoxy groups -OCH3 is 1. The quantitative estimate of drug-likeness (QED) is 0.0719. The summed E-state index contributed by atoms with van der Waals surface area (Å²) in [5.41, 5.74) is 1.81. The molecule has 0 amide bonds. The van der Waals surface area contributed by atoms with E-state index in [-0.39, 0.29) is 26.3 Å². The van der Waals surface area contributed by atoms with E-state index in [0.717, 1.165) is 21.8 Å². The molecule has 9 N–H and O–H groups in total. The highest BCUT2D eigenvalue weighted by Crippen LogP contribution is 2.34. The molecule has 10 atom stereocenters. The van der Waals surface area contributed by atoms with Crippen molar-refractivity contribution in [3.63, 3.8) is 0 Å². The highest BCUT2D eigenvalue weighted by Gasteiger charge is 2.53. The van der Waals surface area contributed by atoms with E-state index in [4.69, 9.17) is 28.4 Å². The van der Waals surface area contributed by atoms with Crippen molar-refractivity contribution in [2.45, 2.75) is 60.9 Å². The van der Waals surface area contributed by atoms with Gasteiger partial charge in [0.05, 0.1) is 32.4 Å². The largest absolute Gasteiger partial charge is 0.493 e. The van der Waals surface area contributed by atoms with Crippen LogP contribution in [0.4, 0.5) is 0 Å². The van der Waals surface area contributed by atoms with Crippen LogP contribution in [-0.2, 0) is 14.2 Å². The first-order valence-electron chi connectivity index (χ1n) is 17.0. The SMILES string of the molecule is COc1ccccc1OCCN(C[C@H](O)COc1cccc2[nH]c3ccccc3c12)CC1(O)OC[C@@H](O)[C@H](O[C@@H]2OC(CO)[C@H](O)[C@@H](O)C2O)C1O. The molecule has 0 radical (unpaired) electrons. The Bertz CT molecular complexity index is 1760. The van der Waals surface area contributed by atoms with Gasteiger partial charge >= 0.3 is 0 Å². The van der Waals surface area contributed by atoms with E-state index < -0.39 is 80.7 Å². The zero-order valence-electron chi connectivity index (χ0n) is 28.5. The Hall–Kier alpha value is -3.62. The molecule has 6 rings (SSSR count). The smallest absolute Gasteiger partial charge is 0.207 e. The molecule has 3 heterocycles. The topological polar surface area (TPSA) is 236 Å². The number of aliphatic hydroxyl groups excluding tert-OH is 7. The van der Waals surface area contributed by atoms with Gasteiger partial charge in [-0.3, -0.25) is 4.90 Å². The van der Waals surface area contributed by atoms with Crippen LogP contribution in [0.1, 0.15) is 0 Å². The van der Waals surface area contributed by atoms with Crippen molar-refractivity contribution in [2.75, 3.05) is 53.2 Å². The third kappa shape index (κ3) is 8.13. The fourth-order valence-corrected chi connectivity index (χ4v) is 6.62. The van der Waals surface area contributed by atoms with E-state index >= 15 is 0 Å². The number of aliphatic hydroxyl groups is 8. The molecule has 1 aromatic heterocycles. The fraction of sp³-hybridized carbons (Fsp3) is 0.500. The van der Waals surface area contributed by atoms with Crippen LogP contribution in [0.5, 0.6) is 17.2 Å². The molecular weight excluding hydrogens is 684 g/mol. The summed E-state index contributed by atoms with van der Waals surface area (Å²) in [4.78, 5) is 4.94. The summed E-state index contributed by atoms with van der Waals surface area (Å²) in [7, 11) is 1.51. The summed E-state index contributed by atoms with van der Waals surface area (Å²) in [5.74, 6) is -0.865. The van der Waals surface area contributed by atoms with Crippen LogP contribution in [0.15, 0.2) is 66.7 Å². The fourth-order valence-electron chi connectivity index (χ4n) is 6.62. The van der Waals surface area contributed by atoms with Gasteiger partial charge in [-0.25, -0.2) is 0 Å². The lowest BCUT2D eigenvalue weighted by atomic mass is 9.95. The molecule has 16 nitrogen and oxygen atoms in total. The monoisotopic (exact) mass is 730 g/mol. The van der Waals surface area contributed by atoms with Crippen LogP contribution in [0.25, 0.3) is 21.8 Å². The lowest BCUT2D eigenvalue weighted by molar-refractivity contribution is -0.370. The number of nitrogens with one attached hydrogen (secondary N) is 1. The highest BCUT2D eigenvalue weighted by atomic mass is 16.7. The average molecular weight is 731 g/mol. The van der Waals surface area contributed by atoms with Crippen molar-refractivity contribution < 1.29 is 69.3 Å². The summed E-state index contributed by atoms with van der Waals surface area (Å²) < 4.78 is 34.0. The number of para-hydroxylation sites is 3. The Labute approximate surface area is 298 Å². The van der Waals surface area contributed by atoms with Crippen molar-refractivity contribution in [3.05, 3.63) is 66.7 Å². The zero-order chi connectivity index (χ0) is 37.0. The van der Waals surface area contributed by atoms with Crippen molar-refractivity contribution in [3.8, 4) is 17.2 Å². The van der Waals surface area contributed by atoms with Gasteiger partial charge in [0.25, 0.3) is 0 Å². The highest BCUT2D eigenvalue weighted by molar-refractivity contribution is 6.10. The van der Waals surface area contributed by atoms with E-state index in [1.165, 1.54) is 7.11 Å². The maximum absolute atomic E-state index is 11.7. The minimum atomic E-state index is -2.39. The molecule has 2 saturated heterocycles. The molecule has 0 bridgehead atoms. The number of aromatic amines is 1. The van der Waals surface area contributed by atoms with Gasteiger partial charge in [-0.1, -0.05) is 36.4 Å². The number of rotatable bonds is 15. The summed E-state index contributed by atoms with van der Waals surface area (Å²) in [6, 6.07) is 20.4. The predicted octanol–water partition coefficient (Wildman–Crippen LogP) is -0.924. The van der Waals surface area contributed by atoms with Crippen LogP contribution < -0.4 is 14.2 Å². The molecule has 52 heavy (non-hydrogen) atoms. The maximum Gasteiger partial charge on any atom is 0.207 e. The van der Waals surface area contributed by atoms with Crippen molar-refractivity contribution in [1.82, 2.24) is 9.88 Å². The Morgan fingerprint density at radius 3 is 2.37 bits per heavy atom. The Balaban J connectivity index is 1.17. The minimum absolute atomic E-state index is 0.0577. The van der Waals surface area contributed by atoms with Gasteiger partial charge < -0.3 is 74.3 Å². The number of H-pyrrole nitrogens is 1. The Morgan fingerprint density at radius 1 is 0.885 bits per heavy atom. The molecule has 4 unspecified atom stereocenters. The van der Waals surface area contributed by atoms with Crippen LogP contribution >= 0.6 is 0 Å². The second-order valence-electron chi connectivity index (χ2n) is 13.0. The third-order valence-electron chi connectivity index (χ3n) is 9.37. The molecule has 0 spiro atoms. The third-order valence-corrected chi connectivity index (χ3v) is 9.37. The van der Waals surface area contributed by atoms with Crippen molar-refractivity contribution in [1.29, 1.82) is 0 Å². The molecular formula is C36H46N2O14. The molecule has 0 aliphatic carbocycles. The molecule has 2 aliphatic rings. The normalized spacial score (nSPS) is 30.1. The van der Waals surface area contributed by atoms with Gasteiger partial charge in [0.2, 0.25) is 5.79 Å². The predicted molar refractivity (Wildman–Crippen MR) is 184 cm³/mol. The van der Waals surface area contributed by atoms with Gasteiger partial charge in [-0.2, -0.15) is 0 Å². The number of nitrogens with zero attached hydrogens (tertiary/aromatic N) is 1. The number of ether oxygens (including phenoxy) is 6. The number of hydrogen-bond acceptors (Lipinski definition) is 15. The van der Waals surface area contributed by atoms with Crippen LogP contribution in [0.3, 0.4) is 0 Å². The zero-order valence-corrected chi connectivity index (χ0v) is 28.5. The Kier molecular flexibility index (Phi) is 12.2. The van der Waals surface area contributed by atoms with Gasteiger partial charge in [-0.05, 0) is 30.3 Å². The molecule has 16 heteroatoms. The van der Waals surface area contributed by atoms with E-state index in [9.17, 15) is 40.9 Å². The lowest BCUT2D eigenvalue weighted by Gasteiger charge is -2.47. The lowest BCUT2D eigenvalue weighted by Crippen LogP contribution is -2.68. The summed E-state index contributed by atoms with van der Waals surface area (Å²) in [5, 5.41) is 87.2. The van der Waals surface area contributed by atoms with Gasteiger partial charge in [0.1, 0.15) is 67.8 Å². The summed E-state index contributed by atoms with van der Waals surface area (Å²) >= 11 is 0. The second-order valence-corrected chi connectivity index (χ2v) is 13.0. The van der Waals surface area contributed by atoms with Crippen LogP contribution in [0, 0.1) is 0 Å². The van der Waals surface area contributed by atoms with Crippen LogP contribution in [-0.4, -0.2) is 165 Å². The van der Waals surface area contributed by atoms with E-state index in [1.54, 1.807) is 29.2 Å². The Morgan fingerprint density at radius 2 is 1.60 bits per heavy atom. The van der Waals surface area contributed by atoms with E-state index in [1.807, 2.05) is 42.5 Å². The first-order valence-corrected chi connectivity index (χ1v) is 17.0. The number of hydrogen-bond donors (Lipinski definition) is 9. The minimum Gasteiger partial charge on any atom is -0.493 e. The molecule has 3 aromatic carbocycles. The molecule has 2 fully saturated rings. The summed E-state index contributed by atoms with van der Waals surface area (Å²) in [6.07, 6.45) is -14.4. The standard InChI is InChI=1S/C36H46N2O14/c1-47-25-10-4-5-11-26(25)48-14-13-38(15-20(40)17-49-27-12-6-9-23-29(27)21-7-2-3-8-22(21)37-23)19-36(46)34(45)33(24(41)18-50-36)52-35-32(44)31(43)30(42)28(16-39)51-35/h2-12,20,24,28,30-35,37,39-46H,13-19H2,1H3/t20-,24+,28?,30-,31+,32?,33-,34?,35-,36?/m0/s1. The number of aromatic nitrogens is 1. The van der Waals surface area contributed by atoms with Gasteiger partial charge in [0, 0.05) is 29.4 Å². The molecule has 0 saturated carbocycles. The first kappa shape index (κ1) is 38.1. The van der Waals surface area contributed by atoms with E-state index in [2.05, 4.69) is 4.98 Å². The number of benzene rings is 3. The van der Waals surface area contributed by atoms with E-state index in [0.29, 0.717) is 17.2 Å². The van der Waals surface area contributed by atoms with Crippen molar-refractivity contribution in [2.24, 2.45) is 0 Å². The second kappa shape index (κ2) is 16.6. The van der Waals surface area contributed by atoms with Gasteiger partial charge in [-0.15, -0.1) is 0 Å². The molecule has 4 aromatic rings. The van der Waals surface area contributed by atoms with Crippen LogP contribution in [0.2, 0.25) is 0 Å². The maximum atomic E-state index is 11.7. The average Bonchev–Trinajstić information content (AvgIpc) is 3.54. The molecule has 2 aliphatic heterocycles. The molecule has 284 valence electrons. The number of fused-ring (bicyclic) bond motifs is 3. The van der Waals surface area contributed by atoms with Gasteiger partial charge in [0.15, 0.2) is 17.8 Å². The summed E-state index contributed by atoms with van der Waals surface area (Å²) in [6.45, 7) is -1.71. The first-order chi connectivity index (χ1) is 25.0.